The SMILES string of the molecule is CC(C)(C)[C@H]1CCc2c(sc(N=Cc3ccccc3OCc3ccc(Br)cc3)c2C(=O)Nc2ccccc2)C1. The molecule has 0 aliphatic heterocycles. The van der Waals surface area contributed by atoms with Crippen LogP contribution >= 0.6 is 27.3 Å². The third-order valence-electron chi connectivity index (χ3n) is 7.28. The molecule has 0 unspecified atom stereocenters. The van der Waals surface area contributed by atoms with Crippen LogP contribution in [0, 0.1) is 11.3 Å². The topological polar surface area (TPSA) is 50.7 Å². The normalized spacial score (nSPS) is 15.2. The van der Waals surface area contributed by atoms with E-state index in [0.717, 1.165) is 56.9 Å². The van der Waals surface area contributed by atoms with Crippen LogP contribution in [0.4, 0.5) is 10.7 Å². The van der Waals surface area contributed by atoms with E-state index in [2.05, 4.69) is 42.0 Å². The number of hydrogen-bond acceptors (Lipinski definition) is 4. The number of para-hydroxylation sites is 2. The van der Waals surface area contributed by atoms with Gasteiger partial charge in [-0.3, -0.25) is 4.79 Å². The van der Waals surface area contributed by atoms with Gasteiger partial charge >= 0.3 is 0 Å². The van der Waals surface area contributed by atoms with E-state index in [1.165, 1.54) is 4.88 Å². The van der Waals surface area contributed by atoms with Gasteiger partial charge in [0.05, 0.1) is 5.56 Å². The number of fused-ring (bicyclic) bond motifs is 1. The summed E-state index contributed by atoms with van der Waals surface area (Å²) in [6, 6.07) is 25.6. The number of halogens is 1. The van der Waals surface area contributed by atoms with Crippen molar-refractivity contribution in [1.29, 1.82) is 0 Å². The number of carbonyl (C=O) groups is 1. The van der Waals surface area contributed by atoms with E-state index in [1.807, 2.05) is 85.1 Å². The van der Waals surface area contributed by atoms with Crippen LogP contribution in [0.5, 0.6) is 5.75 Å². The van der Waals surface area contributed by atoms with Crippen molar-refractivity contribution in [2.75, 3.05) is 5.32 Å². The Morgan fingerprint density at radius 3 is 2.51 bits per heavy atom. The smallest absolute Gasteiger partial charge is 0.259 e. The van der Waals surface area contributed by atoms with Gasteiger partial charge in [0.2, 0.25) is 0 Å². The van der Waals surface area contributed by atoms with Gasteiger partial charge in [-0.25, -0.2) is 4.99 Å². The Morgan fingerprint density at radius 2 is 1.77 bits per heavy atom. The fourth-order valence-corrected chi connectivity index (χ4v) is 6.47. The van der Waals surface area contributed by atoms with Gasteiger partial charge in [0, 0.05) is 26.8 Å². The highest BCUT2D eigenvalue weighted by Gasteiger charge is 2.33. The molecule has 0 saturated carbocycles. The highest BCUT2D eigenvalue weighted by Crippen LogP contribution is 2.45. The van der Waals surface area contributed by atoms with Crippen molar-refractivity contribution in [3.8, 4) is 5.75 Å². The maximum Gasteiger partial charge on any atom is 0.259 e. The van der Waals surface area contributed by atoms with E-state index in [1.54, 1.807) is 11.3 Å². The first kappa shape index (κ1) is 27.4. The largest absolute Gasteiger partial charge is 0.488 e. The van der Waals surface area contributed by atoms with E-state index in [0.29, 0.717) is 18.1 Å². The second-order valence-electron chi connectivity index (χ2n) is 11.0. The van der Waals surface area contributed by atoms with Crippen molar-refractivity contribution in [2.24, 2.45) is 16.3 Å². The molecule has 1 aliphatic rings. The van der Waals surface area contributed by atoms with Crippen molar-refractivity contribution in [2.45, 2.75) is 46.6 Å². The lowest BCUT2D eigenvalue weighted by Crippen LogP contribution is -2.27. The third-order valence-corrected chi connectivity index (χ3v) is 8.97. The Balaban J connectivity index is 1.44. The lowest BCUT2D eigenvalue weighted by atomic mass is 9.72. The summed E-state index contributed by atoms with van der Waals surface area (Å²) < 4.78 is 7.20. The van der Waals surface area contributed by atoms with E-state index in [-0.39, 0.29) is 11.3 Å². The summed E-state index contributed by atoms with van der Waals surface area (Å²) in [4.78, 5) is 19.8. The first-order valence-corrected chi connectivity index (χ1v) is 14.9. The standard InChI is InChI=1S/C33H33BrN2O2S/c1-33(2,3)24-15-18-27-29(19-24)39-32(30(27)31(37)36-26-10-5-4-6-11-26)35-20-23-9-7-8-12-28(23)38-21-22-13-16-25(34)17-14-22/h4-14,16-17,20,24H,15,18-19,21H2,1-3H3,(H,36,37)/t24-/m0/s1. The number of aliphatic imine (C=N–C) groups is 1. The average Bonchev–Trinajstić information content (AvgIpc) is 3.30. The molecule has 5 rings (SSSR count). The third kappa shape index (κ3) is 6.68. The molecule has 3 aromatic carbocycles. The van der Waals surface area contributed by atoms with E-state index in [9.17, 15) is 4.79 Å². The van der Waals surface area contributed by atoms with Gasteiger partial charge in [-0.15, -0.1) is 11.3 Å². The van der Waals surface area contributed by atoms with Crippen molar-refractivity contribution < 1.29 is 9.53 Å². The number of nitrogens with zero attached hydrogens (tertiary/aromatic N) is 1. The minimum Gasteiger partial charge on any atom is -0.488 e. The van der Waals surface area contributed by atoms with E-state index < -0.39 is 0 Å². The van der Waals surface area contributed by atoms with E-state index >= 15 is 0 Å². The quantitative estimate of drug-likeness (QED) is 0.215. The Labute approximate surface area is 243 Å². The molecule has 4 nitrogen and oxygen atoms in total. The Morgan fingerprint density at radius 1 is 1.05 bits per heavy atom. The van der Waals surface area contributed by atoms with Gasteiger partial charge in [-0.05, 0) is 78.1 Å². The van der Waals surface area contributed by atoms with Gasteiger partial charge in [0.15, 0.2) is 0 Å². The van der Waals surface area contributed by atoms with Crippen LogP contribution in [-0.4, -0.2) is 12.1 Å². The maximum absolute atomic E-state index is 13.6. The molecule has 1 N–H and O–H groups in total. The number of carbonyl (C=O) groups excluding carboxylic acids is 1. The van der Waals surface area contributed by atoms with Crippen molar-refractivity contribution in [3.63, 3.8) is 0 Å². The monoisotopic (exact) mass is 600 g/mol. The summed E-state index contributed by atoms with van der Waals surface area (Å²) in [6.45, 7) is 7.39. The minimum absolute atomic E-state index is 0.0974. The van der Waals surface area contributed by atoms with Crippen LogP contribution in [-0.2, 0) is 19.4 Å². The molecule has 1 atom stereocenters. The van der Waals surface area contributed by atoms with Crippen LogP contribution in [0.1, 0.15) is 59.1 Å². The van der Waals surface area contributed by atoms with Crippen LogP contribution in [0.25, 0.3) is 0 Å². The number of rotatable bonds is 7. The van der Waals surface area contributed by atoms with Crippen LogP contribution in [0.15, 0.2) is 88.3 Å². The zero-order valence-electron chi connectivity index (χ0n) is 22.5. The molecule has 1 aliphatic carbocycles. The Kier molecular flexibility index (Phi) is 8.34. The summed E-state index contributed by atoms with van der Waals surface area (Å²) in [7, 11) is 0. The second-order valence-corrected chi connectivity index (χ2v) is 13.0. The molecule has 39 heavy (non-hydrogen) atoms. The summed E-state index contributed by atoms with van der Waals surface area (Å²) in [5, 5.41) is 3.85. The number of thiophene rings is 1. The number of amides is 1. The lowest BCUT2D eigenvalue weighted by Gasteiger charge is -2.33. The molecule has 4 aromatic rings. The lowest BCUT2D eigenvalue weighted by molar-refractivity contribution is 0.102. The highest BCUT2D eigenvalue weighted by molar-refractivity contribution is 9.10. The molecule has 0 spiro atoms. The zero-order chi connectivity index (χ0) is 27.4. The van der Waals surface area contributed by atoms with Gasteiger partial charge in [0.1, 0.15) is 17.4 Å². The Bertz CT molecular complexity index is 1470. The second kappa shape index (κ2) is 11.9. The minimum atomic E-state index is -0.0974. The molecule has 1 heterocycles. The van der Waals surface area contributed by atoms with Gasteiger partial charge in [0.25, 0.3) is 5.91 Å². The molecular formula is C33H33BrN2O2S. The molecule has 200 valence electrons. The fraction of sp³-hybridized carbons (Fsp3) is 0.273. The van der Waals surface area contributed by atoms with Crippen LogP contribution in [0.2, 0.25) is 0 Å². The molecule has 1 amide bonds. The van der Waals surface area contributed by atoms with Crippen LogP contribution < -0.4 is 10.1 Å². The number of hydrogen-bond donors (Lipinski definition) is 1. The molecule has 1 aromatic heterocycles. The number of benzene rings is 3. The molecular weight excluding hydrogens is 568 g/mol. The predicted molar refractivity (Wildman–Crippen MR) is 166 cm³/mol. The maximum atomic E-state index is 13.6. The highest BCUT2D eigenvalue weighted by atomic mass is 79.9. The summed E-state index contributed by atoms with van der Waals surface area (Å²) >= 11 is 5.13. The first-order valence-electron chi connectivity index (χ1n) is 13.3. The number of ether oxygens (including phenoxy) is 1. The molecule has 0 radical (unpaired) electrons. The predicted octanol–water partition coefficient (Wildman–Crippen LogP) is 9.24. The molecule has 0 bridgehead atoms. The number of nitrogens with one attached hydrogen (secondary N) is 1. The van der Waals surface area contributed by atoms with Crippen LogP contribution in [0.3, 0.4) is 0 Å². The molecule has 0 saturated heterocycles. The summed E-state index contributed by atoms with van der Waals surface area (Å²) in [6.07, 6.45) is 4.79. The fourth-order valence-electron chi connectivity index (χ4n) is 4.94. The molecule has 0 fully saturated rings. The van der Waals surface area contributed by atoms with Gasteiger partial charge < -0.3 is 10.1 Å². The summed E-state index contributed by atoms with van der Waals surface area (Å²) in [5.41, 5.74) is 4.83. The van der Waals surface area contributed by atoms with E-state index in [4.69, 9.17) is 9.73 Å². The van der Waals surface area contributed by atoms with Crippen molar-refractivity contribution in [3.05, 3.63) is 110 Å². The Hall–Kier alpha value is -3.22. The zero-order valence-corrected chi connectivity index (χ0v) is 24.9. The average molecular weight is 602 g/mol. The first-order chi connectivity index (χ1) is 18.8. The van der Waals surface area contributed by atoms with Crippen molar-refractivity contribution in [1.82, 2.24) is 0 Å². The van der Waals surface area contributed by atoms with Gasteiger partial charge in [-0.2, -0.15) is 0 Å². The summed E-state index contributed by atoms with van der Waals surface area (Å²) in [5.74, 6) is 1.24. The van der Waals surface area contributed by atoms with Gasteiger partial charge in [-0.1, -0.05) is 79.2 Å². The molecule has 6 heteroatoms. The van der Waals surface area contributed by atoms with Crippen molar-refractivity contribution >= 4 is 50.1 Å². The number of anilines is 1.